The van der Waals surface area contributed by atoms with Crippen molar-refractivity contribution < 1.29 is 9.13 Å². The molecule has 1 N–H and O–H groups in total. The number of nitriles is 1. The number of halogens is 3. The minimum absolute atomic E-state index is 0.261. The summed E-state index contributed by atoms with van der Waals surface area (Å²) in [4.78, 5) is 7.30. The maximum absolute atomic E-state index is 13.4. The van der Waals surface area contributed by atoms with Crippen molar-refractivity contribution in [2.75, 3.05) is 0 Å². The summed E-state index contributed by atoms with van der Waals surface area (Å²) in [5.74, 6) is 0.316. The summed E-state index contributed by atoms with van der Waals surface area (Å²) >= 11 is 12.7. The van der Waals surface area contributed by atoms with Crippen LogP contribution in [0.5, 0.6) is 5.75 Å². The molecule has 0 bridgehead atoms. The fourth-order valence-corrected chi connectivity index (χ4v) is 3.57. The SMILES string of the molecule is N#C/C(=C/c1cc(Cl)c(OCc2ccccc2)c(Cl)c1)c1nc2ccc(F)cc2[nH]1. The smallest absolute Gasteiger partial charge is 0.157 e. The lowest BCUT2D eigenvalue weighted by Gasteiger charge is -2.11. The van der Waals surface area contributed by atoms with Gasteiger partial charge in [0.1, 0.15) is 24.3 Å². The molecule has 4 nitrogen and oxygen atoms in total. The largest absolute Gasteiger partial charge is 0.486 e. The molecule has 0 unspecified atom stereocenters. The van der Waals surface area contributed by atoms with E-state index in [1.165, 1.54) is 12.1 Å². The van der Waals surface area contributed by atoms with Crippen molar-refractivity contribution in [1.82, 2.24) is 9.97 Å². The van der Waals surface area contributed by atoms with E-state index in [2.05, 4.69) is 16.0 Å². The third-order valence-electron chi connectivity index (χ3n) is 4.38. The predicted molar refractivity (Wildman–Crippen MR) is 117 cm³/mol. The van der Waals surface area contributed by atoms with Crippen LogP contribution in [0.15, 0.2) is 60.7 Å². The summed E-state index contributed by atoms with van der Waals surface area (Å²) in [6, 6.07) is 19.3. The first-order valence-corrected chi connectivity index (χ1v) is 9.72. The van der Waals surface area contributed by atoms with Gasteiger partial charge in [0.15, 0.2) is 5.75 Å². The van der Waals surface area contributed by atoms with Gasteiger partial charge in [-0.15, -0.1) is 0 Å². The highest BCUT2D eigenvalue weighted by atomic mass is 35.5. The van der Waals surface area contributed by atoms with E-state index in [4.69, 9.17) is 27.9 Å². The van der Waals surface area contributed by atoms with Crippen molar-refractivity contribution in [3.8, 4) is 11.8 Å². The maximum Gasteiger partial charge on any atom is 0.157 e. The van der Waals surface area contributed by atoms with Crippen LogP contribution in [0.2, 0.25) is 10.0 Å². The molecule has 0 saturated heterocycles. The Kier molecular flexibility index (Phi) is 5.71. The summed E-state index contributed by atoms with van der Waals surface area (Å²) in [5.41, 5.74) is 2.93. The number of allylic oxidation sites excluding steroid dienone is 1. The zero-order chi connectivity index (χ0) is 21.1. The number of H-pyrrole nitrogens is 1. The fraction of sp³-hybridized carbons (Fsp3) is 0.0435. The van der Waals surface area contributed by atoms with Crippen molar-refractivity contribution in [2.24, 2.45) is 0 Å². The average Bonchev–Trinajstić information content (AvgIpc) is 3.15. The Hall–Kier alpha value is -3.33. The number of ether oxygens (including phenoxy) is 1. The van der Waals surface area contributed by atoms with E-state index in [0.717, 1.165) is 5.56 Å². The molecule has 0 radical (unpaired) electrons. The molecule has 0 atom stereocenters. The molecule has 0 spiro atoms. The van der Waals surface area contributed by atoms with E-state index in [1.807, 2.05) is 30.3 Å². The minimum atomic E-state index is -0.384. The van der Waals surface area contributed by atoms with E-state index >= 15 is 0 Å². The third kappa shape index (κ3) is 4.30. The molecule has 0 aliphatic heterocycles. The van der Waals surface area contributed by atoms with Gasteiger partial charge in [0.2, 0.25) is 0 Å². The van der Waals surface area contributed by atoms with Gasteiger partial charge in [0.25, 0.3) is 0 Å². The number of hydrogen-bond acceptors (Lipinski definition) is 3. The molecule has 0 saturated carbocycles. The topological polar surface area (TPSA) is 61.7 Å². The van der Waals surface area contributed by atoms with Crippen molar-refractivity contribution in [3.05, 3.63) is 93.5 Å². The Balaban J connectivity index is 1.62. The summed E-state index contributed by atoms with van der Waals surface area (Å²) in [6.07, 6.45) is 1.60. The number of rotatable bonds is 5. The summed E-state index contributed by atoms with van der Waals surface area (Å²) in [5, 5.41) is 10.2. The molecule has 30 heavy (non-hydrogen) atoms. The monoisotopic (exact) mass is 437 g/mol. The highest BCUT2D eigenvalue weighted by Gasteiger charge is 2.12. The van der Waals surface area contributed by atoms with Crippen LogP contribution < -0.4 is 4.74 Å². The Morgan fingerprint density at radius 2 is 1.83 bits per heavy atom. The van der Waals surface area contributed by atoms with Crippen LogP contribution >= 0.6 is 23.2 Å². The Bertz CT molecular complexity index is 1270. The van der Waals surface area contributed by atoms with Crippen LogP contribution in [0.1, 0.15) is 17.0 Å². The van der Waals surface area contributed by atoms with Crippen molar-refractivity contribution in [1.29, 1.82) is 5.26 Å². The Labute approximate surface area is 182 Å². The molecule has 1 aromatic heterocycles. The van der Waals surface area contributed by atoms with Crippen molar-refractivity contribution in [2.45, 2.75) is 6.61 Å². The average molecular weight is 438 g/mol. The number of aromatic nitrogens is 2. The molecule has 3 aromatic carbocycles. The number of fused-ring (bicyclic) bond motifs is 1. The molecule has 4 aromatic rings. The van der Waals surface area contributed by atoms with Gasteiger partial charge in [0.05, 0.1) is 26.7 Å². The quantitative estimate of drug-likeness (QED) is 0.355. The summed E-state index contributed by atoms with van der Waals surface area (Å²) in [6.45, 7) is 0.328. The standard InChI is InChI=1S/C23H14Cl2FN3O/c24-18-9-15(10-19(25)22(18)30-13-14-4-2-1-3-5-14)8-16(12-27)23-28-20-7-6-17(26)11-21(20)29-23/h1-11H,13H2,(H,28,29)/b16-8-. The van der Waals surface area contributed by atoms with E-state index in [0.29, 0.717) is 44.8 Å². The molecule has 0 aliphatic rings. The Morgan fingerprint density at radius 3 is 2.53 bits per heavy atom. The minimum Gasteiger partial charge on any atom is -0.486 e. The number of aromatic amines is 1. The molecule has 0 aliphatic carbocycles. The molecule has 0 fully saturated rings. The Morgan fingerprint density at radius 1 is 1.10 bits per heavy atom. The highest BCUT2D eigenvalue weighted by molar-refractivity contribution is 6.37. The number of benzene rings is 3. The second kappa shape index (κ2) is 8.58. The lowest BCUT2D eigenvalue weighted by molar-refractivity contribution is 0.306. The van der Waals surface area contributed by atoms with Crippen LogP contribution in [0.3, 0.4) is 0 Å². The zero-order valence-electron chi connectivity index (χ0n) is 15.5. The second-order valence-electron chi connectivity index (χ2n) is 6.50. The molecule has 4 rings (SSSR count). The normalized spacial score (nSPS) is 11.5. The number of hydrogen-bond donors (Lipinski definition) is 1. The third-order valence-corrected chi connectivity index (χ3v) is 4.94. The molecule has 1 heterocycles. The van der Waals surface area contributed by atoms with Crippen molar-refractivity contribution >= 4 is 45.9 Å². The van der Waals surface area contributed by atoms with Gasteiger partial charge in [-0.1, -0.05) is 53.5 Å². The van der Waals surface area contributed by atoms with Gasteiger partial charge in [-0.05, 0) is 47.5 Å². The molecule has 7 heteroatoms. The predicted octanol–water partition coefficient (Wildman–Crippen LogP) is 6.65. The first-order chi connectivity index (χ1) is 14.5. The van der Waals surface area contributed by atoms with Gasteiger partial charge < -0.3 is 9.72 Å². The molecule has 148 valence electrons. The summed E-state index contributed by atoms with van der Waals surface area (Å²) < 4.78 is 19.2. The van der Waals surface area contributed by atoms with Crippen LogP contribution in [-0.4, -0.2) is 9.97 Å². The van der Waals surface area contributed by atoms with Gasteiger partial charge in [-0.25, -0.2) is 9.37 Å². The zero-order valence-corrected chi connectivity index (χ0v) is 17.0. The second-order valence-corrected chi connectivity index (χ2v) is 7.32. The van der Waals surface area contributed by atoms with E-state index in [1.54, 1.807) is 24.3 Å². The molecular formula is C23H14Cl2FN3O. The molecular weight excluding hydrogens is 424 g/mol. The highest BCUT2D eigenvalue weighted by Crippen LogP contribution is 2.36. The van der Waals surface area contributed by atoms with E-state index < -0.39 is 0 Å². The number of imidazole rings is 1. The first-order valence-electron chi connectivity index (χ1n) is 8.96. The summed E-state index contributed by atoms with van der Waals surface area (Å²) in [7, 11) is 0. The van der Waals surface area contributed by atoms with Crippen molar-refractivity contribution in [3.63, 3.8) is 0 Å². The van der Waals surface area contributed by atoms with Crippen LogP contribution in [0, 0.1) is 17.1 Å². The van der Waals surface area contributed by atoms with Gasteiger partial charge in [0, 0.05) is 0 Å². The molecule has 0 amide bonds. The first kappa shape index (κ1) is 20.0. The fourth-order valence-electron chi connectivity index (χ4n) is 2.96. The van der Waals surface area contributed by atoms with Gasteiger partial charge in [-0.2, -0.15) is 5.26 Å². The van der Waals surface area contributed by atoms with Gasteiger partial charge in [-0.3, -0.25) is 0 Å². The van der Waals surface area contributed by atoms with E-state index in [9.17, 15) is 9.65 Å². The van der Waals surface area contributed by atoms with Gasteiger partial charge >= 0.3 is 0 Å². The van der Waals surface area contributed by atoms with E-state index in [-0.39, 0.29) is 11.4 Å². The number of nitrogens with zero attached hydrogens (tertiary/aromatic N) is 2. The van der Waals surface area contributed by atoms with Crippen LogP contribution in [0.4, 0.5) is 4.39 Å². The van der Waals surface area contributed by atoms with Crippen LogP contribution in [0.25, 0.3) is 22.7 Å². The van der Waals surface area contributed by atoms with Crippen LogP contribution in [-0.2, 0) is 6.61 Å². The lowest BCUT2D eigenvalue weighted by atomic mass is 10.1. The number of nitrogens with one attached hydrogen (secondary N) is 1. The lowest BCUT2D eigenvalue weighted by Crippen LogP contribution is -1.97. The maximum atomic E-state index is 13.4.